The van der Waals surface area contributed by atoms with Gasteiger partial charge in [-0.2, -0.15) is 4.72 Å². The first-order valence-corrected chi connectivity index (χ1v) is 6.84. The van der Waals surface area contributed by atoms with Gasteiger partial charge in [0.2, 0.25) is 0 Å². The highest BCUT2D eigenvalue weighted by Gasteiger charge is 2.30. The van der Waals surface area contributed by atoms with Gasteiger partial charge in [0.05, 0.1) is 13.7 Å². The first-order valence-electron chi connectivity index (χ1n) is 5.36. The number of carboxylic acid groups (broad SMARTS) is 1. The van der Waals surface area contributed by atoms with Crippen molar-refractivity contribution < 1.29 is 33.0 Å². The summed E-state index contributed by atoms with van der Waals surface area (Å²) >= 11 is 0. The topological polar surface area (TPSA) is 130 Å². The average molecular weight is 303 g/mol. The number of aliphatic hydroxyl groups is 1. The third-order valence-corrected chi connectivity index (χ3v) is 3.67. The number of aliphatic carboxylic acids is 1. The Morgan fingerprint density at radius 2 is 1.85 bits per heavy atom. The zero-order chi connectivity index (χ0) is 15.3. The van der Waals surface area contributed by atoms with E-state index in [0.29, 0.717) is 5.75 Å². The first kappa shape index (κ1) is 16.1. The molecule has 0 saturated heterocycles. The highest BCUT2D eigenvalue weighted by molar-refractivity contribution is 8.05. The fourth-order valence-electron chi connectivity index (χ4n) is 1.29. The fourth-order valence-corrected chi connectivity index (χ4v) is 2.39. The lowest BCUT2D eigenvalue weighted by Gasteiger charge is -2.11. The van der Waals surface area contributed by atoms with Gasteiger partial charge in [-0.3, -0.25) is 9.59 Å². The molecule has 110 valence electrons. The molecule has 8 nitrogen and oxygen atoms in total. The van der Waals surface area contributed by atoms with Crippen molar-refractivity contribution >= 4 is 21.1 Å². The Bertz CT molecular complexity index is 594. The standard InChI is InChI=1S/C11H13NO7S/c1-19-8-4-2-7(3-5-8)11(16)20(17,18)12-9(6-13)10(14)15/h2-5,9,12-13H,6H2,1H3,(H,14,15)/t9-/m1/s1. The van der Waals surface area contributed by atoms with Crippen LogP contribution in [0.2, 0.25) is 0 Å². The van der Waals surface area contributed by atoms with E-state index in [1.54, 1.807) is 4.72 Å². The van der Waals surface area contributed by atoms with Crippen molar-refractivity contribution in [2.24, 2.45) is 0 Å². The lowest BCUT2D eigenvalue weighted by Crippen LogP contribution is -2.45. The van der Waals surface area contributed by atoms with Crippen molar-refractivity contribution in [3.8, 4) is 5.75 Å². The molecule has 1 aromatic rings. The SMILES string of the molecule is COc1ccc(C(=O)S(=O)(=O)N[C@H](CO)C(=O)O)cc1. The van der Waals surface area contributed by atoms with Crippen molar-refractivity contribution in [1.82, 2.24) is 4.72 Å². The smallest absolute Gasteiger partial charge is 0.324 e. The van der Waals surface area contributed by atoms with Crippen molar-refractivity contribution in [2.75, 3.05) is 13.7 Å². The van der Waals surface area contributed by atoms with Crippen LogP contribution in [-0.2, 0) is 14.8 Å². The molecule has 0 aliphatic rings. The van der Waals surface area contributed by atoms with E-state index in [2.05, 4.69) is 0 Å². The van der Waals surface area contributed by atoms with E-state index in [0.717, 1.165) is 0 Å². The van der Waals surface area contributed by atoms with E-state index >= 15 is 0 Å². The zero-order valence-electron chi connectivity index (χ0n) is 10.4. The highest BCUT2D eigenvalue weighted by Crippen LogP contribution is 2.13. The van der Waals surface area contributed by atoms with Gasteiger partial charge in [0.15, 0.2) is 0 Å². The molecule has 0 fully saturated rings. The minimum atomic E-state index is -4.56. The molecule has 0 amide bonds. The summed E-state index contributed by atoms with van der Waals surface area (Å²) in [6, 6.07) is 3.47. The van der Waals surface area contributed by atoms with Crippen LogP contribution in [0, 0.1) is 0 Å². The minimum Gasteiger partial charge on any atom is -0.497 e. The number of sulfonamides is 1. The van der Waals surface area contributed by atoms with E-state index in [1.807, 2.05) is 0 Å². The van der Waals surface area contributed by atoms with E-state index in [4.69, 9.17) is 14.9 Å². The molecule has 0 aliphatic carbocycles. The molecule has 1 atom stereocenters. The van der Waals surface area contributed by atoms with E-state index in [9.17, 15) is 18.0 Å². The number of methoxy groups -OCH3 is 1. The van der Waals surface area contributed by atoms with Gasteiger partial charge in [0, 0.05) is 5.56 Å². The highest BCUT2D eigenvalue weighted by atomic mass is 32.2. The number of nitrogens with one attached hydrogen (secondary N) is 1. The quantitative estimate of drug-likeness (QED) is 0.627. The third-order valence-electron chi connectivity index (χ3n) is 2.35. The van der Waals surface area contributed by atoms with Crippen LogP contribution >= 0.6 is 0 Å². The molecular weight excluding hydrogens is 290 g/mol. The van der Waals surface area contributed by atoms with Crippen molar-refractivity contribution in [2.45, 2.75) is 6.04 Å². The summed E-state index contributed by atoms with van der Waals surface area (Å²) in [5, 5.41) is 16.1. The normalized spacial score (nSPS) is 12.7. The lowest BCUT2D eigenvalue weighted by molar-refractivity contribution is -0.139. The van der Waals surface area contributed by atoms with Crippen LogP contribution in [0.3, 0.4) is 0 Å². The molecule has 0 unspecified atom stereocenters. The van der Waals surface area contributed by atoms with E-state index < -0.39 is 33.8 Å². The lowest BCUT2D eigenvalue weighted by atomic mass is 10.2. The van der Waals surface area contributed by atoms with Gasteiger partial charge in [-0.05, 0) is 24.3 Å². The number of hydrogen-bond acceptors (Lipinski definition) is 6. The van der Waals surface area contributed by atoms with Crippen LogP contribution in [0.15, 0.2) is 24.3 Å². The Morgan fingerprint density at radius 3 is 2.25 bits per heavy atom. The number of rotatable bonds is 6. The average Bonchev–Trinajstić information content (AvgIpc) is 2.43. The molecule has 20 heavy (non-hydrogen) atoms. The van der Waals surface area contributed by atoms with Gasteiger partial charge in [0.25, 0.3) is 15.1 Å². The maximum atomic E-state index is 11.8. The number of aliphatic hydroxyl groups excluding tert-OH is 1. The summed E-state index contributed by atoms with van der Waals surface area (Å²) in [7, 11) is -3.15. The third kappa shape index (κ3) is 3.76. The molecule has 0 aliphatic heterocycles. The predicted molar refractivity (Wildman–Crippen MR) is 67.9 cm³/mol. The van der Waals surface area contributed by atoms with Gasteiger partial charge in [-0.25, -0.2) is 8.42 Å². The van der Waals surface area contributed by atoms with Crippen LogP contribution in [0.4, 0.5) is 0 Å². The molecule has 1 rings (SSSR count). The number of benzene rings is 1. The maximum absolute atomic E-state index is 11.8. The van der Waals surface area contributed by atoms with Gasteiger partial charge < -0.3 is 14.9 Å². The summed E-state index contributed by atoms with van der Waals surface area (Å²) in [5.74, 6) is -1.15. The molecule has 0 bridgehead atoms. The Morgan fingerprint density at radius 1 is 1.30 bits per heavy atom. The number of carbonyl (C=O) groups excluding carboxylic acids is 1. The van der Waals surface area contributed by atoms with Crippen LogP contribution in [-0.4, -0.2) is 49.5 Å². The van der Waals surface area contributed by atoms with Crippen molar-refractivity contribution in [1.29, 1.82) is 0 Å². The Kier molecular flexibility index (Phi) is 5.19. The molecule has 0 spiro atoms. The molecule has 9 heteroatoms. The van der Waals surface area contributed by atoms with Crippen LogP contribution in [0.1, 0.15) is 10.4 Å². The van der Waals surface area contributed by atoms with Gasteiger partial charge >= 0.3 is 5.97 Å². The summed E-state index contributed by atoms with van der Waals surface area (Å²) in [6.07, 6.45) is 0. The zero-order valence-corrected chi connectivity index (χ0v) is 11.3. The van der Waals surface area contributed by atoms with Crippen molar-refractivity contribution in [3.63, 3.8) is 0 Å². The van der Waals surface area contributed by atoms with E-state index in [1.165, 1.54) is 31.4 Å². The Balaban J connectivity index is 2.96. The monoisotopic (exact) mass is 303 g/mol. The molecular formula is C11H13NO7S. The van der Waals surface area contributed by atoms with Crippen LogP contribution in [0.5, 0.6) is 5.75 Å². The fraction of sp³-hybridized carbons (Fsp3) is 0.273. The molecule has 0 aromatic heterocycles. The molecule has 0 saturated carbocycles. The van der Waals surface area contributed by atoms with E-state index in [-0.39, 0.29) is 5.56 Å². The second-order valence-electron chi connectivity index (χ2n) is 3.71. The van der Waals surface area contributed by atoms with Gasteiger partial charge in [-0.1, -0.05) is 0 Å². The number of hydrogen-bond donors (Lipinski definition) is 3. The van der Waals surface area contributed by atoms with Gasteiger partial charge in [0.1, 0.15) is 11.8 Å². The summed E-state index contributed by atoms with van der Waals surface area (Å²) in [5.41, 5.74) is -0.152. The Labute approximate surface area is 115 Å². The predicted octanol–water partition coefficient (Wildman–Crippen LogP) is -0.800. The second-order valence-corrected chi connectivity index (χ2v) is 5.32. The number of ether oxygens (including phenoxy) is 1. The first-order chi connectivity index (χ1) is 9.31. The molecule has 3 N–H and O–H groups in total. The largest absolute Gasteiger partial charge is 0.497 e. The number of carboxylic acids is 1. The summed E-state index contributed by atoms with van der Waals surface area (Å²) in [4.78, 5) is 22.4. The van der Waals surface area contributed by atoms with Crippen LogP contribution < -0.4 is 9.46 Å². The second kappa shape index (κ2) is 6.46. The maximum Gasteiger partial charge on any atom is 0.324 e. The number of carbonyl (C=O) groups is 2. The summed E-state index contributed by atoms with van der Waals surface area (Å²) in [6.45, 7) is -0.968. The molecule has 0 radical (unpaired) electrons. The molecule has 0 heterocycles. The van der Waals surface area contributed by atoms with Gasteiger partial charge in [-0.15, -0.1) is 0 Å². The summed E-state index contributed by atoms with van der Waals surface area (Å²) < 4.78 is 29.9. The van der Waals surface area contributed by atoms with Crippen LogP contribution in [0.25, 0.3) is 0 Å². The minimum absolute atomic E-state index is 0.152. The molecule has 1 aromatic carbocycles. The Hall–Kier alpha value is -1.97. The van der Waals surface area contributed by atoms with Crippen molar-refractivity contribution in [3.05, 3.63) is 29.8 Å².